The normalized spacial score (nSPS) is 11.0. The van der Waals surface area contributed by atoms with Crippen LogP contribution in [0.1, 0.15) is 5.01 Å². The number of aliphatic hydroxyl groups is 1. The zero-order valence-corrected chi connectivity index (χ0v) is 13.2. The molecule has 0 radical (unpaired) electrons. The van der Waals surface area contributed by atoms with Crippen molar-refractivity contribution in [3.8, 4) is 6.01 Å². The van der Waals surface area contributed by atoms with E-state index in [2.05, 4.69) is 25.3 Å². The van der Waals surface area contributed by atoms with Gasteiger partial charge < -0.3 is 15.2 Å². The lowest BCUT2D eigenvalue weighted by Crippen LogP contribution is -2.06. The second-order valence-corrected chi connectivity index (χ2v) is 5.58. The number of nitrogens with zero attached hydrogens (tertiary/aromatic N) is 5. The van der Waals surface area contributed by atoms with Crippen LogP contribution in [0.5, 0.6) is 6.01 Å². The fourth-order valence-electron chi connectivity index (χ4n) is 2.03. The van der Waals surface area contributed by atoms with Crippen LogP contribution < -0.4 is 10.1 Å². The molecule has 0 atom stereocenters. The molecule has 0 aliphatic carbocycles. The van der Waals surface area contributed by atoms with Gasteiger partial charge in [-0.15, -0.1) is 11.3 Å². The first-order valence-corrected chi connectivity index (χ1v) is 7.69. The fourth-order valence-corrected chi connectivity index (χ4v) is 2.76. The summed E-state index contributed by atoms with van der Waals surface area (Å²) < 4.78 is 6.87. The Morgan fingerprint density at radius 1 is 1.41 bits per heavy atom. The molecule has 0 aliphatic rings. The minimum Gasteiger partial charge on any atom is -0.468 e. The number of anilines is 1. The highest BCUT2D eigenvalue weighted by Gasteiger charge is 2.18. The average Bonchev–Trinajstić information content (AvgIpc) is 3.13. The number of thiazole rings is 1. The van der Waals surface area contributed by atoms with Gasteiger partial charge in [0.15, 0.2) is 17.0 Å². The zero-order valence-electron chi connectivity index (χ0n) is 11.7. The van der Waals surface area contributed by atoms with Crippen LogP contribution in [-0.2, 0) is 13.1 Å². The number of aromatic nitrogens is 5. The van der Waals surface area contributed by atoms with Gasteiger partial charge in [0.25, 0.3) is 6.01 Å². The van der Waals surface area contributed by atoms with Crippen molar-refractivity contribution < 1.29 is 9.84 Å². The molecule has 3 heterocycles. The van der Waals surface area contributed by atoms with E-state index in [1.807, 2.05) is 5.38 Å². The van der Waals surface area contributed by atoms with Gasteiger partial charge in [-0.2, -0.15) is 15.0 Å². The molecule has 0 bridgehead atoms. The summed E-state index contributed by atoms with van der Waals surface area (Å²) in [5.74, 6) is 0.500. The van der Waals surface area contributed by atoms with Gasteiger partial charge in [-0.3, -0.25) is 4.57 Å². The first-order valence-electron chi connectivity index (χ1n) is 6.43. The van der Waals surface area contributed by atoms with Crippen LogP contribution >= 0.6 is 22.9 Å². The highest BCUT2D eigenvalue weighted by molar-refractivity contribution is 7.09. The van der Waals surface area contributed by atoms with Crippen molar-refractivity contribution in [2.75, 3.05) is 19.0 Å². The van der Waals surface area contributed by atoms with E-state index < -0.39 is 0 Å². The molecule has 0 saturated heterocycles. The number of ether oxygens (including phenoxy) is 1. The monoisotopic (exact) mass is 340 g/mol. The third-order valence-electron chi connectivity index (χ3n) is 2.93. The second-order valence-electron chi connectivity index (χ2n) is 4.27. The predicted octanol–water partition coefficient (Wildman–Crippen LogP) is 1.55. The number of hydrogen-bond donors (Lipinski definition) is 2. The van der Waals surface area contributed by atoms with Gasteiger partial charge in [0.1, 0.15) is 5.01 Å². The lowest BCUT2D eigenvalue weighted by molar-refractivity contribution is 0.264. The highest BCUT2D eigenvalue weighted by Crippen LogP contribution is 2.26. The molecule has 0 amide bonds. The topological polar surface area (TPSA) is 98.0 Å². The van der Waals surface area contributed by atoms with Crippen molar-refractivity contribution in [3.05, 3.63) is 21.9 Å². The van der Waals surface area contributed by atoms with Gasteiger partial charge in [-0.25, -0.2) is 4.98 Å². The summed E-state index contributed by atoms with van der Waals surface area (Å²) in [6.07, 6.45) is 1.74. The third-order valence-corrected chi connectivity index (χ3v) is 3.88. The van der Waals surface area contributed by atoms with Crippen LogP contribution in [0.2, 0.25) is 5.28 Å². The molecule has 3 rings (SSSR count). The summed E-state index contributed by atoms with van der Waals surface area (Å²) in [4.78, 5) is 16.9. The van der Waals surface area contributed by atoms with Crippen LogP contribution in [0.15, 0.2) is 11.6 Å². The van der Waals surface area contributed by atoms with E-state index in [-0.39, 0.29) is 11.9 Å². The van der Waals surface area contributed by atoms with Crippen LogP contribution in [0.4, 0.5) is 5.82 Å². The van der Waals surface area contributed by atoms with Crippen molar-refractivity contribution in [1.82, 2.24) is 24.5 Å². The molecule has 0 unspecified atom stereocenters. The maximum Gasteiger partial charge on any atom is 0.298 e. The summed E-state index contributed by atoms with van der Waals surface area (Å²) in [5.41, 5.74) is 1.04. The van der Waals surface area contributed by atoms with Gasteiger partial charge in [0, 0.05) is 11.6 Å². The van der Waals surface area contributed by atoms with Crippen LogP contribution in [0, 0.1) is 0 Å². The second kappa shape index (κ2) is 6.42. The SMILES string of the molecule is COc1nc2c(NCc3nccs3)nc(Cl)nc2n1CCO. The molecular weight excluding hydrogens is 328 g/mol. The molecule has 0 spiro atoms. The summed E-state index contributed by atoms with van der Waals surface area (Å²) in [5, 5.41) is 15.3. The van der Waals surface area contributed by atoms with Gasteiger partial charge in [-0.05, 0) is 11.6 Å². The number of nitrogens with one attached hydrogen (secondary N) is 1. The summed E-state index contributed by atoms with van der Waals surface area (Å²) in [6.45, 7) is 0.750. The Balaban J connectivity index is 2.01. The van der Waals surface area contributed by atoms with E-state index in [0.717, 1.165) is 5.01 Å². The van der Waals surface area contributed by atoms with Crippen LogP contribution in [-0.4, -0.2) is 43.3 Å². The molecule has 10 heteroatoms. The predicted molar refractivity (Wildman–Crippen MR) is 83.4 cm³/mol. The lowest BCUT2D eigenvalue weighted by atomic mass is 10.4. The van der Waals surface area contributed by atoms with Crippen LogP contribution in [0.25, 0.3) is 11.2 Å². The Kier molecular flexibility index (Phi) is 4.36. The molecule has 0 saturated carbocycles. The number of methoxy groups -OCH3 is 1. The lowest BCUT2D eigenvalue weighted by Gasteiger charge is -2.06. The number of imidazole rings is 1. The smallest absolute Gasteiger partial charge is 0.298 e. The van der Waals surface area contributed by atoms with Crippen molar-refractivity contribution in [3.63, 3.8) is 0 Å². The molecule has 0 fully saturated rings. The molecule has 3 aromatic heterocycles. The Labute approximate surface area is 134 Å². The van der Waals surface area contributed by atoms with Gasteiger partial charge in [0.05, 0.1) is 26.8 Å². The Morgan fingerprint density at radius 2 is 2.27 bits per heavy atom. The molecule has 2 N–H and O–H groups in total. The molecule has 0 aliphatic heterocycles. The highest BCUT2D eigenvalue weighted by atomic mass is 35.5. The van der Waals surface area contributed by atoms with Crippen LogP contribution in [0.3, 0.4) is 0 Å². The molecule has 8 nitrogen and oxygen atoms in total. The molecule has 3 aromatic rings. The zero-order chi connectivity index (χ0) is 15.5. The van der Waals surface area contributed by atoms with E-state index in [1.165, 1.54) is 18.4 Å². The largest absolute Gasteiger partial charge is 0.468 e. The number of fused-ring (bicyclic) bond motifs is 1. The van der Waals surface area contributed by atoms with Crippen molar-refractivity contribution >= 4 is 39.9 Å². The Morgan fingerprint density at radius 3 is 2.95 bits per heavy atom. The molecule has 0 aromatic carbocycles. The van der Waals surface area contributed by atoms with E-state index in [1.54, 1.807) is 10.8 Å². The van der Waals surface area contributed by atoms with Gasteiger partial charge in [-0.1, -0.05) is 0 Å². The van der Waals surface area contributed by atoms with Gasteiger partial charge >= 0.3 is 0 Å². The summed E-state index contributed by atoms with van der Waals surface area (Å²) >= 11 is 7.53. The number of hydrogen-bond acceptors (Lipinski definition) is 8. The van der Waals surface area contributed by atoms with Crippen molar-refractivity contribution in [2.24, 2.45) is 0 Å². The van der Waals surface area contributed by atoms with Crippen molar-refractivity contribution in [1.29, 1.82) is 0 Å². The minimum atomic E-state index is -0.0642. The third kappa shape index (κ3) is 2.82. The first kappa shape index (κ1) is 14.9. The van der Waals surface area contributed by atoms with Crippen molar-refractivity contribution in [2.45, 2.75) is 13.1 Å². The fraction of sp³-hybridized carbons (Fsp3) is 0.333. The standard InChI is InChI=1S/C12H13ClN6O2S/c1-21-12-16-8-9(15-6-7-14-2-5-22-7)17-11(13)18-10(8)19(12)3-4-20/h2,5,20H,3-4,6H2,1H3,(H,15,17,18). The quantitative estimate of drug-likeness (QED) is 0.657. The maximum atomic E-state index is 9.18. The first-order chi connectivity index (χ1) is 10.7. The Bertz CT molecular complexity index is 776. The molecular formula is C12H13ClN6O2S. The van der Waals surface area contributed by atoms with Gasteiger partial charge in [0.2, 0.25) is 5.28 Å². The molecule has 22 heavy (non-hydrogen) atoms. The number of halogens is 1. The number of aliphatic hydroxyl groups excluding tert-OH is 1. The van der Waals surface area contributed by atoms with E-state index in [0.29, 0.717) is 36.1 Å². The van der Waals surface area contributed by atoms with E-state index in [4.69, 9.17) is 16.3 Å². The number of rotatable bonds is 6. The average molecular weight is 341 g/mol. The molecule has 116 valence electrons. The van der Waals surface area contributed by atoms with E-state index >= 15 is 0 Å². The van der Waals surface area contributed by atoms with E-state index in [9.17, 15) is 5.11 Å². The summed E-state index contributed by atoms with van der Waals surface area (Å²) in [6, 6.07) is 0.345. The Hall–Kier alpha value is -1.97. The summed E-state index contributed by atoms with van der Waals surface area (Å²) in [7, 11) is 1.51. The maximum absolute atomic E-state index is 9.18. The minimum absolute atomic E-state index is 0.0642.